The van der Waals surface area contributed by atoms with Gasteiger partial charge in [0.2, 0.25) is 0 Å². The molecule has 0 aliphatic carbocycles. The van der Waals surface area contributed by atoms with Crippen LogP contribution in [-0.2, 0) is 12.4 Å². The number of rotatable bonds is 2. The molecule has 100 valence electrons. The Hall–Kier alpha value is -1.46. The van der Waals surface area contributed by atoms with Gasteiger partial charge in [-0.3, -0.25) is 0 Å². The maximum absolute atomic E-state index is 12.5. The monoisotopic (exact) mass is 268 g/mol. The van der Waals surface area contributed by atoms with Crippen LogP contribution in [0.5, 0.6) is 0 Å². The van der Waals surface area contributed by atoms with Crippen LogP contribution in [0.15, 0.2) is 24.3 Å². The van der Waals surface area contributed by atoms with Crippen LogP contribution < -0.4 is 0 Å². The minimum absolute atomic E-state index is 0.112. The van der Waals surface area contributed by atoms with Crippen molar-refractivity contribution in [1.82, 2.24) is 0 Å². The summed E-state index contributed by atoms with van der Waals surface area (Å²) in [6.07, 6.45) is -6.33. The largest absolute Gasteiger partial charge is 0.416 e. The predicted molar refractivity (Wildman–Crippen MR) is 55.8 cm³/mol. The fraction of sp³-hybridized carbons (Fsp3) is 0.333. The molecule has 18 heavy (non-hydrogen) atoms. The molecular weight excluding hydrogens is 258 g/mol. The summed E-state index contributed by atoms with van der Waals surface area (Å²) in [6, 6.07) is 1.51. The van der Waals surface area contributed by atoms with Gasteiger partial charge in [-0.15, -0.1) is 0 Å². The van der Waals surface area contributed by atoms with Gasteiger partial charge in [0.05, 0.1) is 11.1 Å². The zero-order valence-corrected chi connectivity index (χ0v) is 9.36. The first-order chi connectivity index (χ1) is 8.14. The highest BCUT2D eigenvalue weighted by Gasteiger charge is 2.36. The molecule has 0 amide bonds. The van der Waals surface area contributed by atoms with Crippen molar-refractivity contribution in [2.24, 2.45) is 0 Å². The van der Waals surface area contributed by atoms with E-state index in [4.69, 9.17) is 0 Å². The summed E-state index contributed by atoms with van der Waals surface area (Å²) in [6.45, 7) is 1.73. The van der Waals surface area contributed by atoms with Crippen molar-refractivity contribution in [3.05, 3.63) is 41.0 Å². The molecule has 1 aromatic rings. The SMILES string of the molecule is CC/C=C\c1cc(C(F)(F)F)cc(C(F)(F)F)c1. The standard InChI is InChI=1S/C12H10F6/c1-2-3-4-8-5-9(11(13,14)15)7-10(6-8)12(16,17)18/h3-7H,2H2,1H3/b4-3-. The van der Waals surface area contributed by atoms with Crippen molar-refractivity contribution in [3.63, 3.8) is 0 Å². The summed E-state index contributed by atoms with van der Waals surface area (Å²) in [4.78, 5) is 0. The third-order valence-corrected chi connectivity index (χ3v) is 2.16. The molecule has 0 saturated heterocycles. The van der Waals surface area contributed by atoms with E-state index in [1.54, 1.807) is 6.92 Å². The van der Waals surface area contributed by atoms with Crippen molar-refractivity contribution in [2.45, 2.75) is 25.7 Å². The minimum Gasteiger partial charge on any atom is -0.166 e. The Morgan fingerprint density at radius 3 is 1.67 bits per heavy atom. The van der Waals surface area contributed by atoms with Crippen LogP contribution in [0.3, 0.4) is 0 Å². The van der Waals surface area contributed by atoms with Crippen LogP contribution in [0.2, 0.25) is 0 Å². The first-order valence-electron chi connectivity index (χ1n) is 5.10. The number of hydrogen-bond donors (Lipinski definition) is 0. The van der Waals surface area contributed by atoms with Crippen molar-refractivity contribution in [2.75, 3.05) is 0 Å². The van der Waals surface area contributed by atoms with Crippen molar-refractivity contribution in [3.8, 4) is 0 Å². The second kappa shape index (κ2) is 5.04. The molecule has 0 heterocycles. The Labute approximate surface area is 99.9 Å². The number of benzene rings is 1. The molecular formula is C12H10F6. The quantitative estimate of drug-likeness (QED) is 0.651. The Balaban J connectivity index is 3.34. The average Bonchev–Trinajstić information content (AvgIpc) is 2.23. The van der Waals surface area contributed by atoms with E-state index in [1.165, 1.54) is 12.2 Å². The zero-order valence-electron chi connectivity index (χ0n) is 9.36. The molecule has 6 heteroatoms. The third kappa shape index (κ3) is 3.78. The molecule has 0 nitrogen and oxygen atoms in total. The molecule has 0 atom stereocenters. The lowest BCUT2D eigenvalue weighted by molar-refractivity contribution is -0.143. The Morgan fingerprint density at radius 2 is 1.33 bits per heavy atom. The van der Waals surface area contributed by atoms with Gasteiger partial charge in [0.15, 0.2) is 0 Å². The number of hydrogen-bond acceptors (Lipinski definition) is 0. The molecule has 1 aromatic carbocycles. The molecule has 0 spiro atoms. The molecule has 0 N–H and O–H groups in total. The van der Waals surface area contributed by atoms with Gasteiger partial charge < -0.3 is 0 Å². The highest BCUT2D eigenvalue weighted by Crippen LogP contribution is 2.36. The van der Waals surface area contributed by atoms with Crippen LogP contribution in [-0.4, -0.2) is 0 Å². The topological polar surface area (TPSA) is 0 Å². The van der Waals surface area contributed by atoms with Crippen molar-refractivity contribution < 1.29 is 26.3 Å². The van der Waals surface area contributed by atoms with Gasteiger partial charge in [0.25, 0.3) is 0 Å². The van der Waals surface area contributed by atoms with Crippen LogP contribution in [0.1, 0.15) is 30.0 Å². The van der Waals surface area contributed by atoms with Crippen molar-refractivity contribution in [1.29, 1.82) is 0 Å². The highest BCUT2D eigenvalue weighted by atomic mass is 19.4. The van der Waals surface area contributed by atoms with Gasteiger partial charge in [-0.1, -0.05) is 19.1 Å². The number of alkyl halides is 6. The van der Waals surface area contributed by atoms with Gasteiger partial charge >= 0.3 is 12.4 Å². The van der Waals surface area contributed by atoms with Crippen LogP contribution >= 0.6 is 0 Å². The molecule has 0 bridgehead atoms. The van der Waals surface area contributed by atoms with E-state index in [-0.39, 0.29) is 11.6 Å². The number of halogens is 6. The molecule has 0 fully saturated rings. The highest BCUT2D eigenvalue weighted by molar-refractivity contribution is 5.52. The summed E-state index contributed by atoms with van der Waals surface area (Å²) in [5, 5.41) is 0. The molecule has 0 unspecified atom stereocenters. The predicted octanol–water partition coefficient (Wildman–Crippen LogP) is 5.15. The van der Waals surface area contributed by atoms with E-state index in [2.05, 4.69) is 0 Å². The maximum Gasteiger partial charge on any atom is 0.416 e. The summed E-state index contributed by atoms with van der Waals surface area (Å²) in [7, 11) is 0. The van der Waals surface area contributed by atoms with Gasteiger partial charge in [0, 0.05) is 0 Å². The molecule has 0 radical (unpaired) electrons. The molecule has 0 aliphatic rings. The van der Waals surface area contributed by atoms with E-state index >= 15 is 0 Å². The Morgan fingerprint density at radius 1 is 0.889 bits per heavy atom. The van der Waals surface area contributed by atoms with E-state index in [1.807, 2.05) is 0 Å². The van der Waals surface area contributed by atoms with Gasteiger partial charge in [-0.2, -0.15) is 26.3 Å². The Bertz CT molecular complexity index is 407. The van der Waals surface area contributed by atoms with Gasteiger partial charge in [0.1, 0.15) is 0 Å². The third-order valence-electron chi connectivity index (χ3n) is 2.16. The Kier molecular flexibility index (Phi) is 4.09. The zero-order chi connectivity index (χ0) is 14.0. The number of allylic oxidation sites excluding steroid dienone is 1. The van der Waals surface area contributed by atoms with E-state index < -0.39 is 23.5 Å². The van der Waals surface area contributed by atoms with E-state index in [9.17, 15) is 26.3 Å². The molecule has 1 rings (SSSR count). The lowest BCUT2D eigenvalue weighted by Crippen LogP contribution is -2.11. The average molecular weight is 268 g/mol. The second-order valence-electron chi connectivity index (χ2n) is 3.65. The summed E-state index contributed by atoms with van der Waals surface area (Å²) < 4.78 is 74.8. The maximum atomic E-state index is 12.5. The van der Waals surface area contributed by atoms with Crippen LogP contribution in [0, 0.1) is 0 Å². The lowest BCUT2D eigenvalue weighted by atomic mass is 10.0. The van der Waals surface area contributed by atoms with Crippen molar-refractivity contribution >= 4 is 6.08 Å². The smallest absolute Gasteiger partial charge is 0.166 e. The summed E-state index contributed by atoms with van der Waals surface area (Å²) >= 11 is 0. The first kappa shape index (κ1) is 14.6. The van der Waals surface area contributed by atoms with Crippen LogP contribution in [0.25, 0.3) is 6.08 Å². The summed E-state index contributed by atoms with van der Waals surface area (Å²) in [5.74, 6) is 0. The fourth-order valence-electron chi connectivity index (χ4n) is 1.33. The summed E-state index contributed by atoms with van der Waals surface area (Å²) in [5.41, 5.74) is -2.71. The first-order valence-corrected chi connectivity index (χ1v) is 5.10. The fourth-order valence-corrected chi connectivity index (χ4v) is 1.33. The second-order valence-corrected chi connectivity index (χ2v) is 3.65. The van der Waals surface area contributed by atoms with E-state index in [0.29, 0.717) is 18.6 Å². The molecule has 0 saturated carbocycles. The van der Waals surface area contributed by atoms with Gasteiger partial charge in [-0.25, -0.2) is 0 Å². The van der Waals surface area contributed by atoms with E-state index in [0.717, 1.165) is 0 Å². The van der Waals surface area contributed by atoms with Gasteiger partial charge in [-0.05, 0) is 30.2 Å². The van der Waals surface area contributed by atoms with Crippen LogP contribution in [0.4, 0.5) is 26.3 Å². The minimum atomic E-state index is -4.80. The normalized spacial score (nSPS) is 13.3. The lowest BCUT2D eigenvalue weighted by Gasteiger charge is -2.12. The molecule has 0 aromatic heterocycles. The molecule has 0 aliphatic heterocycles.